The molecular weight excluding hydrogens is 260 g/mol. The summed E-state index contributed by atoms with van der Waals surface area (Å²) < 4.78 is 0. The van der Waals surface area contributed by atoms with Crippen molar-refractivity contribution in [3.8, 4) is 11.3 Å². The third-order valence-electron chi connectivity index (χ3n) is 5.27. The molecule has 2 aliphatic carbocycles. The molecule has 2 N–H and O–H groups in total. The van der Waals surface area contributed by atoms with Gasteiger partial charge in [0.15, 0.2) is 0 Å². The molecule has 4 rings (SSSR count). The van der Waals surface area contributed by atoms with Crippen molar-refractivity contribution in [2.75, 3.05) is 6.54 Å². The number of hydrogen-bond acceptors (Lipinski definition) is 3. The van der Waals surface area contributed by atoms with Crippen LogP contribution >= 0.6 is 0 Å². The highest BCUT2D eigenvalue weighted by Crippen LogP contribution is 2.47. The Morgan fingerprint density at radius 3 is 3.00 bits per heavy atom. The lowest BCUT2D eigenvalue weighted by molar-refractivity contribution is 0.318. The molecule has 0 aromatic carbocycles. The summed E-state index contributed by atoms with van der Waals surface area (Å²) in [5.41, 5.74) is 3.42. The van der Waals surface area contributed by atoms with Gasteiger partial charge < -0.3 is 5.32 Å². The Morgan fingerprint density at radius 2 is 2.24 bits per heavy atom. The fraction of sp³-hybridized carbons (Fsp3) is 0.529. The normalized spacial score (nSPS) is 27.3. The van der Waals surface area contributed by atoms with Crippen molar-refractivity contribution < 1.29 is 0 Å². The standard InChI is InChI=1S/C17H22N4/c1-2-14(8-18-5-1)17-16(11-20-21-17)10-19-9-15-7-12-3-4-13(15)6-12/h1-2,5,8,11-13,15,19H,3-4,6-7,9-10H2,(H,20,21). The van der Waals surface area contributed by atoms with Gasteiger partial charge >= 0.3 is 0 Å². The number of fused-ring (bicyclic) bond motifs is 2. The highest BCUT2D eigenvalue weighted by atomic mass is 15.1. The molecule has 0 amide bonds. The monoisotopic (exact) mass is 282 g/mol. The number of nitrogens with one attached hydrogen (secondary N) is 2. The Labute approximate surface area is 125 Å². The quantitative estimate of drug-likeness (QED) is 0.886. The number of pyridine rings is 1. The molecule has 0 aliphatic heterocycles. The van der Waals surface area contributed by atoms with Gasteiger partial charge in [-0.2, -0.15) is 5.10 Å². The summed E-state index contributed by atoms with van der Waals surface area (Å²) in [7, 11) is 0. The van der Waals surface area contributed by atoms with Crippen LogP contribution in [-0.2, 0) is 6.54 Å². The third-order valence-corrected chi connectivity index (χ3v) is 5.27. The lowest BCUT2D eigenvalue weighted by Gasteiger charge is -2.21. The number of aromatic amines is 1. The largest absolute Gasteiger partial charge is 0.312 e. The molecular formula is C17H22N4. The van der Waals surface area contributed by atoms with E-state index >= 15 is 0 Å². The van der Waals surface area contributed by atoms with Crippen molar-refractivity contribution in [1.29, 1.82) is 0 Å². The maximum Gasteiger partial charge on any atom is 0.0710 e. The first-order valence-electron chi connectivity index (χ1n) is 8.03. The molecule has 2 heterocycles. The maximum atomic E-state index is 4.19. The molecule has 2 saturated carbocycles. The molecule has 0 radical (unpaired) electrons. The second-order valence-corrected chi connectivity index (χ2v) is 6.58. The zero-order valence-electron chi connectivity index (χ0n) is 12.3. The minimum absolute atomic E-state index is 0.884. The van der Waals surface area contributed by atoms with E-state index in [0.29, 0.717) is 0 Å². The van der Waals surface area contributed by atoms with E-state index in [2.05, 4.69) is 26.6 Å². The van der Waals surface area contributed by atoms with E-state index in [1.54, 1.807) is 6.20 Å². The first kappa shape index (κ1) is 13.0. The van der Waals surface area contributed by atoms with Crippen LogP contribution in [0.4, 0.5) is 0 Å². The van der Waals surface area contributed by atoms with Crippen molar-refractivity contribution in [2.45, 2.75) is 32.2 Å². The predicted molar refractivity (Wildman–Crippen MR) is 82.5 cm³/mol. The van der Waals surface area contributed by atoms with Crippen LogP contribution in [0.3, 0.4) is 0 Å². The molecule has 2 fully saturated rings. The van der Waals surface area contributed by atoms with E-state index in [9.17, 15) is 0 Å². The summed E-state index contributed by atoms with van der Waals surface area (Å²) in [5.74, 6) is 2.92. The van der Waals surface area contributed by atoms with Gasteiger partial charge in [0.1, 0.15) is 0 Å². The van der Waals surface area contributed by atoms with Gasteiger partial charge in [-0.15, -0.1) is 0 Å². The molecule has 4 heteroatoms. The maximum absolute atomic E-state index is 4.19. The van der Waals surface area contributed by atoms with Crippen molar-refractivity contribution >= 4 is 0 Å². The number of H-pyrrole nitrogens is 1. The molecule has 110 valence electrons. The Bertz CT molecular complexity index is 592. The smallest absolute Gasteiger partial charge is 0.0710 e. The Kier molecular flexibility index (Phi) is 3.47. The molecule has 2 aromatic rings. The second-order valence-electron chi connectivity index (χ2n) is 6.58. The molecule has 21 heavy (non-hydrogen) atoms. The summed E-state index contributed by atoms with van der Waals surface area (Å²) >= 11 is 0. The van der Waals surface area contributed by atoms with Crippen LogP contribution in [0.15, 0.2) is 30.7 Å². The fourth-order valence-corrected chi connectivity index (χ4v) is 4.22. The van der Waals surface area contributed by atoms with Crippen molar-refractivity contribution in [3.63, 3.8) is 0 Å². The van der Waals surface area contributed by atoms with E-state index in [1.807, 2.05) is 18.5 Å². The SMILES string of the molecule is c1cncc(-c2[nH]ncc2CNCC2CC3CCC2C3)c1. The number of aromatic nitrogens is 3. The third kappa shape index (κ3) is 2.60. The van der Waals surface area contributed by atoms with Gasteiger partial charge in [-0.25, -0.2) is 0 Å². The van der Waals surface area contributed by atoms with Gasteiger partial charge in [0.25, 0.3) is 0 Å². The van der Waals surface area contributed by atoms with Gasteiger partial charge in [-0.1, -0.05) is 6.42 Å². The first-order chi connectivity index (χ1) is 10.4. The minimum Gasteiger partial charge on any atom is -0.312 e. The summed E-state index contributed by atoms with van der Waals surface area (Å²) in [6.07, 6.45) is 11.5. The van der Waals surface area contributed by atoms with E-state index in [4.69, 9.17) is 0 Å². The van der Waals surface area contributed by atoms with E-state index in [-0.39, 0.29) is 0 Å². The molecule has 0 spiro atoms. The van der Waals surface area contributed by atoms with Gasteiger partial charge in [0.05, 0.1) is 11.9 Å². The van der Waals surface area contributed by atoms with Crippen LogP contribution in [-0.4, -0.2) is 21.7 Å². The number of rotatable bonds is 5. The van der Waals surface area contributed by atoms with Gasteiger partial charge in [0, 0.05) is 30.1 Å². The van der Waals surface area contributed by atoms with Crippen molar-refractivity contribution in [3.05, 3.63) is 36.3 Å². The highest BCUT2D eigenvalue weighted by molar-refractivity contribution is 5.61. The first-order valence-corrected chi connectivity index (χ1v) is 8.03. The predicted octanol–water partition coefficient (Wildman–Crippen LogP) is 3.00. The van der Waals surface area contributed by atoms with Gasteiger partial charge in [-0.05, 0) is 55.7 Å². The van der Waals surface area contributed by atoms with Crippen LogP contribution in [0.25, 0.3) is 11.3 Å². The number of nitrogens with zero attached hydrogens (tertiary/aromatic N) is 2. The summed E-state index contributed by atoms with van der Waals surface area (Å²) in [5, 5.41) is 10.9. The van der Waals surface area contributed by atoms with Gasteiger partial charge in [-0.3, -0.25) is 10.1 Å². The van der Waals surface area contributed by atoms with Crippen LogP contribution in [0.1, 0.15) is 31.2 Å². The molecule has 3 unspecified atom stereocenters. The molecule has 2 aliphatic rings. The van der Waals surface area contributed by atoms with Crippen LogP contribution in [0, 0.1) is 17.8 Å². The Hall–Kier alpha value is -1.68. The van der Waals surface area contributed by atoms with E-state index in [1.165, 1.54) is 31.2 Å². The van der Waals surface area contributed by atoms with Crippen LogP contribution < -0.4 is 5.32 Å². The van der Waals surface area contributed by atoms with Gasteiger partial charge in [0.2, 0.25) is 0 Å². The van der Waals surface area contributed by atoms with Crippen LogP contribution in [0.5, 0.6) is 0 Å². The Morgan fingerprint density at radius 1 is 1.24 bits per heavy atom. The fourth-order valence-electron chi connectivity index (χ4n) is 4.22. The molecule has 2 bridgehead atoms. The summed E-state index contributed by atoms with van der Waals surface area (Å²) in [4.78, 5) is 4.18. The van der Waals surface area contributed by atoms with Crippen molar-refractivity contribution in [1.82, 2.24) is 20.5 Å². The lowest BCUT2D eigenvalue weighted by Crippen LogP contribution is -2.26. The average Bonchev–Trinajstić information content (AvgIpc) is 3.24. The molecule has 2 aromatic heterocycles. The summed E-state index contributed by atoms with van der Waals surface area (Å²) in [6.45, 7) is 2.04. The second kappa shape index (κ2) is 5.60. The summed E-state index contributed by atoms with van der Waals surface area (Å²) in [6, 6.07) is 4.03. The van der Waals surface area contributed by atoms with E-state index < -0.39 is 0 Å². The van der Waals surface area contributed by atoms with Crippen LogP contribution in [0.2, 0.25) is 0 Å². The van der Waals surface area contributed by atoms with Crippen molar-refractivity contribution in [2.24, 2.45) is 17.8 Å². The topological polar surface area (TPSA) is 53.6 Å². The zero-order valence-corrected chi connectivity index (χ0v) is 12.3. The number of hydrogen-bond donors (Lipinski definition) is 2. The lowest BCUT2D eigenvalue weighted by atomic mass is 9.89. The van der Waals surface area contributed by atoms with E-state index in [0.717, 1.165) is 42.1 Å². The molecule has 4 nitrogen and oxygen atoms in total. The molecule has 0 saturated heterocycles. The highest BCUT2D eigenvalue weighted by Gasteiger charge is 2.38. The molecule has 3 atom stereocenters. The Balaban J connectivity index is 1.37. The zero-order chi connectivity index (χ0) is 14.1. The minimum atomic E-state index is 0.884. The average molecular weight is 282 g/mol.